The van der Waals surface area contributed by atoms with Gasteiger partial charge in [-0.15, -0.1) is 0 Å². The second kappa shape index (κ2) is 4.51. The van der Waals surface area contributed by atoms with Gasteiger partial charge in [0.2, 0.25) is 0 Å². The number of hydrogen-bond donors (Lipinski definition) is 2. The topological polar surface area (TPSA) is 83.8 Å². The number of halogens is 1. The zero-order valence-corrected chi connectivity index (χ0v) is 11.5. The second-order valence-corrected chi connectivity index (χ2v) is 4.78. The molecule has 0 aliphatic heterocycles. The Hall–Kier alpha value is -2.15. The quantitative estimate of drug-likeness (QED) is 0.760. The molecule has 0 saturated carbocycles. The summed E-state index contributed by atoms with van der Waals surface area (Å²) in [6, 6.07) is 5.07. The summed E-state index contributed by atoms with van der Waals surface area (Å²) in [6.07, 6.45) is 1.55. The lowest BCUT2D eigenvalue weighted by Crippen LogP contribution is -2.10. The van der Waals surface area contributed by atoms with Gasteiger partial charge in [0.1, 0.15) is 0 Å². The largest absolute Gasteiger partial charge is 0.444 e. The molecule has 0 aliphatic carbocycles. The number of anilines is 1. The summed E-state index contributed by atoms with van der Waals surface area (Å²) in [7, 11) is 0. The molecule has 0 atom stereocenters. The SMILES string of the molecule is Cc1[nH]nc2ncc(NC(=O)c3ccc(Br)o3)cc12. The van der Waals surface area contributed by atoms with Crippen LogP contribution < -0.4 is 5.32 Å². The van der Waals surface area contributed by atoms with Gasteiger partial charge >= 0.3 is 0 Å². The lowest BCUT2D eigenvalue weighted by atomic mass is 10.2. The summed E-state index contributed by atoms with van der Waals surface area (Å²) in [4.78, 5) is 16.1. The first-order valence-electron chi connectivity index (χ1n) is 5.51. The fraction of sp³-hybridized carbons (Fsp3) is 0.0833. The van der Waals surface area contributed by atoms with Gasteiger partial charge in [-0.1, -0.05) is 0 Å². The number of rotatable bonds is 2. The molecule has 0 radical (unpaired) electrons. The maximum atomic E-state index is 11.9. The first-order chi connectivity index (χ1) is 9.13. The van der Waals surface area contributed by atoms with Crippen LogP contribution in [0.1, 0.15) is 16.2 Å². The van der Waals surface area contributed by atoms with E-state index in [2.05, 4.69) is 36.4 Å². The average molecular weight is 321 g/mol. The Balaban J connectivity index is 1.88. The van der Waals surface area contributed by atoms with Crippen molar-refractivity contribution in [2.75, 3.05) is 5.32 Å². The highest BCUT2D eigenvalue weighted by atomic mass is 79.9. The van der Waals surface area contributed by atoms with Crippen LogP contribution in [0.3, 0.4) is 0 Å². The Morgan fingerprint density at radius 3 is 3.05 bits per heavy atom. The third kappa shape index (κ3) is 2.24. The number of hydrogen-bond acceptors (Lipinski definition) is 4. The van der Waals surface area contributed by atoms with Gasteiger partial charge in [-0.2, -0.15) is 5.10 Å². The molecule has 6 nitrogen and oxygen atoms in total. The molecule has 0 aliphatic rings. The zero-order valence-electron chi connectivity index (χ0n) is 9.90. The summed E-state index contributed by atoms with van der Waals surface area (Å²) in [5, 5.41) is 10.5. The lowest BCUT2D eigenvalue weighted by molar-refractivity contribution is 0.0995. The van der Waals surface area contributed by atoms with Gasteiger partial charge in [0.05, 0.1) is 11.9 Å². The number of carbonyl (C=O) groups excluding carboxylic acids is 1. The first kappa shape index (κ1) is 11.9. The summed E-state index contributed by atoms with van der Waals surface area (Å²) >= 11 is 3.15. The summed E-state index contributed by atoms with van der Waals surface area (Å²) < 4.78 is 5.69. The van der Waals surface area contributed by atoms with Crippen molar-refractivity contribution in [1.29, 1.82) is 0 Å². The Morgan fingerprint density at radius 1 is 1.47 bits per heavy atom. The molecule has 0 saturated heterocycles. The van der Waals surface area contributed by atoms with Crippen molar-refractivity contribution in [2.24, 2.45) is 0 Å². The van der Waals surface area contributed by atoms with Crippen LogP contribution >= 0.6 is 15.9 Å². The van der Waals surface area contributed by atoms with Gasteiger partial charge in [0.15, 0.2) is 16.1 Å². The van der Waals surface area contributed by atoms with Gasteiger partial charge in [-0.05, 0) is 41.1 Å². The summed E-state index contributed by atoms with van der Waals surface area (Å²) in [5.41, 5.74) is 2.12. The number of carbonyl (C=O) groups is 1. The first-order valence-corrected chi connectivity index (χ1v) is 6.30. The number of nitrogens with zero attached hydrogens (tertiary/aromatic N) is 2. The Labute approximate surface area is 116 Å². The summed E-state index contributed by atoms with van der Waals surface area (Å²) in [6.45, 7) is 1.90. The fourth-order valence-electron chi connectivity index (χ4n) is 1.72. The van der Waals surface area contributed by atoms with Crippen LogP contribution in [0.25, 0.3) is 11.0 Å². The van der Waals surface area contributed by atoms with E-state index < -0.39 is 0 Å². The molecule has 7 heteroatoms. The Morgan fingerprint density at radius 2 is 2.32 bits per heavy atom. The molecule has 3 aromatic rings. The number of aromatic amines is 1. The van der Waals surface area contributed by atoms with E-state index in [4.69, 9.17) is 4.42 Å². The third-order valence-corrected chi connectivity index (χ3v) is 3.08. The Kier molecular flexibility index (Phi) is 2.83. The predicted octanol–water partition coefficient (Wildman–Crippen LogP) is 2.87. The number of aromatic nitrogens is 3. The minimum Gasteiger partial charge on any atom is -0.444 e. The molecule has 0 spiro atoms. The number of aryl methyl sites for hydroxylation is 1. The molecule has 96 valence electrons. The normalized spacial score (nSPS) is 10.8. The van der Waals surface area contributed by atoms with Crippen molar-refractivity contribution in [1.82, 2.24) is 15.2 Å². The molecule has 0 unspecified atom stereocenters. The van der Waals surface area contributed by atoms with E-state index in [1.54, 1.807) is 18.3 Å². The molecule has 0 bridgehead atoms. The van der Waals surface area contributed by atoms with Gasteiger partial charge in [-0.25, -0.2) is 4.98 Å². The number of nitrogens with one attached hydrogen (secondary N) is 2. The molecule has 2 N–H and O–H groups in total. The van der Waals surface area contributed by atoms with Crippen LogP contribution in [0.5, 0.6) is 0 Å². The highest BCUT2D eigenvalue weighted by Crippen LogP contribution is 2.19. The third-order valence-electron chi connectivity index (χ3n) is 2.66. The van der Waals surface area contributed by atoms with Gasteiger partial charge in [0, 0.05) is 11.1 Å². The highest BCUT2D eigenvalue weighted by molar-refractivity contribution is 9.10. The molecule has 3 aromatic heterocycles. The fourth-order valence-corrected chi connectivity index (χ4v) is 2.02. The van der Waals surface area contributed by atoms with E-state index in [-0.39, 0.29) is 11.7 Å². The summed E-state index contributed by atoms with van der Waals surface area (Å²) in [5.74, 6) is -0.0936. The standard InChI is InChI=1S/C12H9BrN4O2/c1-6-8-4-7(5-14-11(8)17-16-6)15-12(18)9-2-3-10(13)19-9/h2-5H,1H3,(H,15,18)(H,14,16,17). The molecule has 3 rings (SSSR count). The van der Waals surface area contributed by atoms with Crippen molar-refractivity contribution >= 4 is 38.6 Å². The molecule has 3 heterocycles. The number of amides is 1. The van der Waals surface area contributed by atoms with E-state index >= 15 is 0 Å². The van der Waals surface area contributed by atoms with Crippen LogP contribution in [0, 0.1) is 6.92 Å². The van der Waals surface area contributed by atoms with Crippen molar-refractivity contribution in [2.45, 2.75) is 6.92 Å². The number of furan rings is 1. The zero-order chi connectivity index (χ0) is 13.4. The van der Waals surface area contributed by atoms with Crippen molar-refractivity contribution in [3.63, 3.8) is 0 Å². The van der Waals surface area contributed by atoms with E-state index in [0.29, 0.717) is 16.0 Å². The minimum atomic E-state index is -0.326. The smallest absolute Gasteiger partial charge is 0.291 e. The molecular formula is C12H9BrN4O2. The van der Waals surface area contributed by atoms with Crippen molar-refractivity contribution in [3.8, 4) is 0 Å². The molecule has 0 aromatic carbocycles. The van der Waals surface area contributed by atoms with Gasteiger partial charge in [0.25, 0.3) is 5.91 Å². The van der Waals surface area contributed by atoms with Crippen LogP contribution in [0.4, 0.5) is 5.69 Å². The molecule has 1 amide bonds. The maximum absolute atomic E-state index is 11.9. The van der Waals surface area contributed by atoms with Crippen molar-refractivity contribution < 1.29 is 9.21 Å². The number of pyridine rings is 1. The van der Waals surface area contributed by atoms with Gasteiger partial charge in [-0.3, -0.25) is 9.89 Å². The highest BCUT2D eigenvalue weighted by Gasteiger charge is 2.12. The van der Waals surface area contributed by atoms with E-state index in [9.17, 15) is 4.79 Å². The molecular weight excluding hydrogens is 312 g/mol. The van der Waals surface area contributed by atoms with E-state index in [0.717, 1.165) is 11.1 Å². The monoisotopic (exact) mass is 320 g/mol. The lowest BCUT2D eigenvalue weighted by Gasteiger charge is -2.02. The maximum Gasteiger partial charge on any atom is 0.291 e. The van der Waals surface area contributed by atoms with Crippen molar-refractivity contribution in [3.05, 3.63) is 40.5 Å². The second-order valence-electron chi connectivity index (χ2n) is 4.00. The number of H-pyrrole nitrogens is 1. The minimum absolute atomic E-state index is 0.232. The van der Waals surface area contributed by atoms with E-state index in [1.165, 1.54) is 0 Å². The number of fused-ring (bicyclic) bond motifs is 1. The average Bonchev–Trinajstić information content (AvgIpc) is 2.97. The van der Waals surface area contributed by atoms with Crippen LogP contribution in [-0.4, -0.2) is 21.1 Å². The van der Waals surface area contributed by atoms with E-state index in [1.807, 2.05) is 13.0 Å². The van der Waals surface area contributed by atoms with Gasteiger partial charge < -0.3 is 9.73 Å². The molecule has 19 heavy (non-hydrogen) atoms. The Bertz CT molecular complexity index is 762. The van der Waals surface area contributed by atoms with Crippen LogP contribution in [0.2, 0.25) is 0 Å². The van der Waals surface area contributed by atoms with Crippen LogP contribution in [0.15, 0.2) is 33.5 Å². The predicted molar refractivity (Wildman–Crippen MR) is 73.0 cm³/mol. The van der Waals surface area contributed by atoms with Crippen LogP contribution in [-0.2, 0) is 0 Å². The molecule has 0 fully saturated rings.